The number of carbonyl (C=O) groups excluding carboxylic acids is 2. The molecule has 1 aromatic carbocycles. The summed E-state index contributed by atoms with van der Waals surface area (Å²) in [5, 5.41) is 2.74. The van der Waals surface area contributed by atoms with Crippen molar-refractivity contribution in [2.45, 2.75) is 50.3 Å². The number of nitrogens with one attached hydrogen (secondary N) is 1. The molecule has 174 valence electrons. The number of urea groups is 1. The first kappa shape index (κ1) is 25.2. The molecule has 0 bridgehead atoms. The van der Waals surface area contributed by atoms with Gasteiger partial charge in [-0.15, -0.1) is 11.8 Å². The zero-order valence-corrected chi connectivity index (χ0v) is 19.1. The van der Waals surface area contributed by atoms with E-state index in [0.29, 0.717) is 42.0 Å². The second-order valence-electron chi connectivity index (χ2n) is 8.65. The van der Waals surface area contributed by atoms with Crippen molar-refractivity contribution < 1.29 is 27.5 Å². The van der Waals surface area contributed by atoms with Crippen LogP contribution in [0.4, 0.5) is 28.4 Å². The van der Waals surface area contributed by atoms with Crippen molar-refractivity contribution in [1.29, 1.82) is 0 Å². The van der Waals surface area contributed by atoms with E-state index in [-0.39, 0.29) is 11.9 Å². The van der Waals surface area contributed by atoms with Gasteiger partial charge < -0.3 is 19.9 Å². The van der Waals surface area contributed by atoms with Gasteiger partial charge in [-0.2, -0.15) is 13.2 Å². The highest BCUT2D eigenvalue weighted by Gasteiger charge is 2.29. The number of rotatable bonds is 5. The summed E-state index contributed by atoms with van der Waals surface area (Å²) in [5.74, 6) is -0.935. The van der Waals surface area contributed by atoms with Crippen LogP contribution in [0, 0.1) is 5.92 Å². The predicted molar refractivity (Wildman–Crippen MR) is 115 cm³/mol. The van der Waals surface area contributed by atoms with Gasteiger partial charge in [0.05, 0.1) is 11.4 Å². The van der Waals surface area contributed by atoms with E-state index in [2.05, 4.69) is 5.32 Å². The lowest BCUT2D eigenvalue weighted by atomic mass is 9.98. The van der Waals surface area contributed by atoms with E-state index in [0.717, 1.165) is 12.8 Å². The van der Waals surface area contributed by atoms with E-state index in [1.165, 1.54) is 4.90 Å². The number of nitrogens with zero attached hydrogens (tertiary/aromatic N) is 2. The molecule has 1 saturated heterocycles. The minimum atomic E-state index is -4.29. The Morgan fingerprint density at radius 1 is 1.26 bits per heavy atom. The van der Waals surface area contributed by atoms with Crippen LogP contribution in [0.3, 0.4) is 0 Å². The summed E-state index contributed by atoms with van der Waals surface area (Å²) in [4.78, 5) is 28.5. The van der Waals surface area contributed by atoms with Crippen molar-refractivity contribution in [3.8, 4) is 0 Å². The van der Waals surface area contributed by atoms with Gasteiger partial charge in [0, 0.05) is 31.6 Å². The molecule has 0 aliphatic carbocycles. The molecule has 1 aliphatic heterocycles. The molecule has 1 fully saturated rings. The van der Waals surface area contributed by atoms with Crippen molar-refractivity contribution in [2.75, 3.05) is 37.8 Å². The summed E-state index contributed by atoms with van der Waals surface area (Å²) >= 11 is 0.643. The normalized spacial score (nSPS) is 17.3. The topological polar surface area (TPSA) is 61.9 Å². The fourth-order valence-electron chi connectivity index (χ4n) is 3.25. The lowest BCUT2D eigenvalue weighted by molar-refractivity contribution is -0.105. The molecule has 0 saturated carbocycles. The summed E-state index contributed by atoms with van der Waals surface area (Å²) in [6.45, 7) is 6.87. The standard InChI is InChI=1S/C21H30F3N3O3S/c1-20(2,3)30-19(29)26(4)12-15-8-7-11-27(13-15)18(28)25-16-9-5-6-10-17(16)31-14-21(22,23)24/h5-6,9-10,15H,7-8,11-14H2,1-4H3,(H,25,28). The largest absolute Gasteiger partial charge is 0.444 e. The third kappa shape index (κ3) is 8.88. The number of likely N-dealkylation sites (tertiary alicyclic amines) is 1. The summed E-state index contributed by atoms with van der Waals surface area (Å²) in [6.07, 6.45) is -3.05. The van der Waals surface area contributed by atoms with Gasteiger partial charge in [0.15, 0.2) is 0 Å². The van der Waals surface area contributed by atoms with Gasteiger partial charge in [0.25, 0.3) is 0 Å². The van der Waals surface area contributed by atoms with Gasteiger partial charge in [0.2, 0.25) is 0 Å². The first-order chi connectivity index (χ1) is 14.3. The Kier molecular flexibility index (Phi) is 8.50. The molecular formula is C21H30F3N3O3S. The van der Waals surface area contributed by atoms with Crippen LogP contribution in [-0.2, 0) is 4.74 Å². The zero-order valence-electron chi connectivity index (χ0n) is 18.3. The van der Waals surface area contributed by atoms with Crippen LogP contribution in [0.2, 0.25) is 0 Å². The number of piperidine rings is 1. The van der Waals surface area contributed by atoms with E-state index >= 15 is 0 Å². The molecule has 2 rings (SSSR count). The van der Waals surface area contributed by atoms with Crippen LogP contribution in [0.15, 0.2) is 29.2 Å². The molecule has 31 heavy (non-hydrogen) atoms. The van der Waals surface area contributed by atoms with Gasteiger partial charge in [-0.25, -0.2) is 9.59 Å². The highest BCUT2D eigenvalue weighted by molar-refractivity contribution is 7.99. The zero-order chi connectivity index (χ0) is 23.2. The van der Waals surface area contributed by atoms with Crippen LogP contribution in [-0.4, -0.2) is 66.1 Å². The van der Waals surface area contributed by atoms with Crippen LogP contribution < -0.4 is 5.32 Å². The summed E-state index contributed by atoms with van der Waals surface area (Å²) in [6, 6.07) is 6.10. The second-order valence-corrected chi connectivity index (χ2v) is 9.66. The van der Waals surface area contributed by atoms with Gasteiger partial charge >= 0.3 is 18.3 Å². The SMILES string of the molecule is CN(CC1CCCN(C(=O)Nc2ccccc2SCC(F)(F)F)C1)C(=O)OC(C)(C)C. The van der Waals surface area contributed by atoms with Crippen molar-refractivity contribution in [3.05, 3.63) is 24.3 Å². The van der Waals surface area contributed by atoms with E-state index in [9.17, 15) is 22.8 Å². The highest BCUT2D eigenvalue weighted by Crippen LogP contribution is 2.32. The summed E-state index contributed by atoms with van der Waals surface area (Å²) in [5.41, 5.74) is -0.226. The van der Waals surface area contributed by atoms with E-state index < -0.39 is 23.6 Å². The third-order valence-electron chi connectivity index (χ3n) is 4.56. The number of thioether (sulfide) groups is 1. The monoisotopic (exact) mass is 461 g/mol. The highest BCUT2D eigenvalue weighted by atomic mass is 32.2. The van der Waals surface area contributed by atoms with E-state index in [4.69, 9.17) is 4.74 Å². The number of anilines is 1. The lowest BCUT2D eigenvalue weighted by Crippen LogP contribution is -2.46. The van der Waals surface area contributed by atoms with Crippen LogP contribution in [0.5, 0.6) is 0 Å². The quantitative estimate of drug-likeness (QED) is 0.592. The molecule has 0 radical (unpaired) electrons. The smallest absolute Gasteiger partial charge is 0.410 e. The van der Waals surface area contributed by atoms with Crippen molar-refractivity contribution >= 4 is 29.6 Å². The third-order valence-corrected chi connectivity index (χ3v) is 5.70. The second kappa shape index (κ2) is 10.5. The molecular weight excluding hydrogens is 431 g/mol. The lowest BCUT2D eigenvalue weighted by Gasteiger charge is -2.35. The number of hydrogen-bond donors (Lipinski definition) is 1. The maximum Gasteiger partial charge on any atom is 0.410 e. The number of para-hydroxylation sites is 1. The summed E-state index contributed by atoms with van der Waals surface area (Å²) < 4.78 is 43.1. The van der Waals surface area contributed by atoms with Crippen LogP contribution >= 0.6 is 11.8 Å². The number of ether oxygens (including phenoxy) is 1. The number of carbonyl (C=O) groups is 2. The van der Waals surface area contributed by atoms with Crippen molar-refractivity contribution in [1.82, 2.24) is 9.80 Å². The van der Waals surface area contributed by atoms with Crippen molar-refractivity contribution in [2.24, 2.45) is 5.92 Å². The van der Waals surface area contributed by atoms with Crippen LogP contribution in [0.1, 0.15) is 33.6 Å². The Balaban J connectivity index is 1.94. The van der Waals surface area contributed by atoms with Gasteiger partial charge in [-0.05, 0) is 51.7 Å². The molecule has 3 amide bonds. The van der Waals surface area contributed by atoms with E-state index in [1.807, 2.05) is 0 Å². The van der Waals surface area contributed by atoms with Crippen molar-refractivity contribution in [3.63, 3.8) is 0 Å². The fraction of sp³-hybridized carbons (Fsp3) is 0.619. The molecule has 0 aromatic heterocycles. The molecule has 1 atom stereocenters. The number of alkyl halides is 3. The molecule has 1 N–H and O–H groups in total. The Bertz CT molecular complexity index is 768. The Morgan fingerprint density at radius 3 is 2.58 bits per heavy atom. The summed E-state index contributed by atoms with van der Waals surface area (Å²) in [7, 11) is 1.67. The molecule has 1 unspecified atom stereocenters. The van der Waals surface area contributed by atoms with Crippen LogP contribution in [0.25, 0.3) is 0 Å². The first-order valence-corrected chi connectivity index (χ1v) is 11.1. The molecule has 1 heterocycles. The molecule has 6 nitrogen and oxygen atoms in total. The maximum atomic E-state index is 12.8. The minimum absolute atomic E-state index is 0.0897. The number of benzene rings is 1. The minimum Gasteiger partial charge on any atom is -0.444 e. The Hall–Kier alpha value is -2.10. The van der Waals surface area contributed by atoms with E-state index in [1.54, 1.807) is 57.0 Å². The molecule has 0 spiro atoms. The Morgan fingerprint density at radius 2 is 1.94 bits per heavy atom. The predicted octanol–water partition coefficient (Wildman–Crippen LogP) is 5.45. The average molecular weight is 462 g/mol. The van der Waals surface area contributed by atoms with Gasteiger partial charge in [-0.3, -0.25) is 0 Å². The fourth-order valence-corrected chi connectivity index (χ4v) is 4.02. The molecule has 1 aliphatic rings. The first-order valence-electron chi connectivity index (χ1n) is 10.1. The molecule has 10 heteroatoms. The number of amides is 3. The molecule has 1 aromatic rings. The number of hydrogen-bond acceptors (Lipinski definition) is 4. The van der Waals surface area contributed by atoms with Gasteiger partial charge in [-0.1, -0.05) is 12.1 Å². The maximum absolute atomic E-state index is 12.8. The number of halogens is 3. The average Bonchev–Trinajstić information content (AvgIpc) is 2.65. The van der Waals surface area contributed by atoms with Gasteiger partial charge in [0.1, 0.15) is 5.60 Å². The Labute approximate surface area is 185 Å².